The van der Waals surface area contributed by atoms with Gasteiger partial charge < -0.3 is 20.1 Å². The van der Waals surface area contributed by atoms with Crippen molar-refractivity contribution < 1.29 is 22.7 Å². The maximum atomic E-state index is 12.2. The van der Waals surface area contributed by atoms with Crippen LogP contribution in [0.5, 0.6) is 11.5 Å². The molecule has 1 aliphatic rings. The monoisotopic (exact) mass is 300 g/mol. The normalized spacial score (nSPS) is 13.3. The van der Waals surface area contributed by atoms with Crippen LogP contribution >= 0.6 is 0 Å². The fourth-order valence-corrected chi connectivity index (χ4v) is 2.36. The maximum absolute atomic E-state index is 12.2. The number of carbonyl (C=O) groups excluding carboxylic acids is 1. The fourth-order valence-electron chi connectivity index (χ4n) is 1.75. The molecular formula is C12H16N2O5S. The SMILES string of the molecule is CN(CCS(C)(=O)=O)C(=O)c1cc2c(cc1N)OCO2. The molecule has 0 fully saturated rings. The van der Waals surface area contributed by atoms with E-state index in [4.69, 9.17) is 15.2 Å². The molecule has 1 heterocycles. The Kier molecular flexibility index (Phi) is 3.76. The maximum Gasteiger partial charge on any atom is 0.255 e. The van der Waals surface area contributed by atoms with Crippen LogP contribution in [-0.4, -0.2) is 51.6 Å². The molecule has 0 saturated carbocycles. The predicted octanol–water partition coefficient (Wildman–Crippen LogP) is 0.114. The van der Waals surface area contributed by atoms with Gasteiger partial charge in [0.15, 0.2) is 11.5 Å². The van der Waals surface area contributed by atoms with Gasteiger partial charge in [-0.25, -0.2) is 8.42 Å². The lowest BCUT2D eigenvalue weighted by atomic mass is 10.1. The minimum atomic E-state index is -3.12. The zero-order chi connectivity index (χ0) is 14.9. The zero-order valence-electron chi connectivity index (χ0n) is 11.3. The lowest BCUT2D eigenvalue weighted by Gasteiger charge is -2.18. The van der Waals surface area contributed by atoms with Crippen LogP contribution in [0.2, 0.25) is 0 Å². The van der Waals surface area contributed by atoms with Crippen molar-refractivity contribution in [3.8, 4) is 11.5 Å². The number of fused-ring (bicyclic) bond motifs is 1. The van der Waals surface area contributed by atoms with E-state index in [1.54, 1.807) is 0 Å². The molecule has 0 aliphatic carbocycles. The molecule has 110 valence electrons. The topological polar surface area (TPSA) is 98.9 Å². The molecule has 0 atom stereocenters. The number of amides is 1. The number of ether oxygens (including phenoxy) is 2. The number of carbonyl (C=O) groups is 1. The quantitative estimate of drug-likeness (QED) is 0.793. The highest BCUT2D eigenvalue weighted by molar-refractivity contribution is 7.90. The number of benzene rings is 1. The average Bonchev–Trinajstić information content (AvgIpc) is 2.80. The van der Waals surface area contributed by atoms with Crippen molar-refractivity contribution in [3.05, 3.63) is 17.7 Å². The first-order valence-electron chi connectivity index (χ1n) is 5.90. The van der Waals surface area contributed by atoms with E-state index in [-0.39, 0.29) is 36.2 Å². The van der Waals surface area contributed by atoms with E-state index in [0.29, 0.717) is 11.5 Å². The van der Waals surface area contributed by atoms with Gasteiger partial charge in [0, 0.05) is 31.6 Å². The minimum Gasteiger partial charge on any atom is -0.454 e. The largest absolute Gasteiger partial charge is 0.454 e. The number of hydrogen-bond donors (Lipinski definition) is 1. The van der Waals surface area contributed by atoms with Gasteiger partial charge in [-0.15, -0.1) is 0 Å². The first kappa shape index (κ1) is 14.4. The Morgan fingerprint density at radius 3 is 2.55 bits per heavy atom. The molecule has 2 rings (SSSR count). The lowest BCUT2D eigenvalue weighted by Crippen LogP contribution is -2.31. The van der Waals surface area contributed by atoms with Gasteiger partial charge in [-0.3, -0.25) is 4.79 Å². The second-order valence-corrected chi connectivity index (χ2v) is 6.91. The van der Waals surface area contributed by atoms with E-state index < -0.39 is 9.84 Å². The Labute approximate surface area is 117 Å². The molecule has 1 amide bonds. The van der Waals surface area contributed by atoms with Crippen LogP contribution < -0.4 is 15.2 Å². The van der Waals surface area contributed by atoms with Gasteiger partial charge in [0.1, 0.15) is 9.84 Å². The van der Waals surface area contributed by atoms with Crippen molar-refractivity contribution in [2.45, 2.75) is 0 Å². The van der Waals surface area contributed by atoms with Gasteiger partial charge in [0.05, 0.1) is 11.3 Å². The van der Waals surface area contributed by atoms with Crippen molar-refractivity contribution in [1.29, 1.82) is 0 Å². The van der Waals surface area contributed by atoms with E-state index >= 15 is 0 Å². The van der Waals surface area contributed by atoms with Crippen LogP contribution in [0.3, 0.4) is 0 Å². The average molecular weight is 300 g/mol. The Morgan fingerprint density at radius 2 is 1.95 bits per heavy atom. The van der Waals surface area contributed by atoms with Crippen molar-refractivity contribution in [3.63, 3.8) is 0 Å². The van der Waals surface area contributed by atoms with Crippen LogP contribution in [-0.2, 0) is 9.84 Å². The highest BCUT2D eigenvalue weighted by Crippen LogP contribution is 2.36. The summed E-state index contributed by atoms with van der Waals surface area (Å²) < 4.78 is 32.6. The molecule has 0 bridgehead atoms. The Balaban J connectivity index is 2.17. The number of nitrogens with zero attached hydrogens (tertiary/aromatic N) is 1. The number of anilines is 1. The highest BCUT2D eigenvalue weighted by Gasteiger charge is 2.22. The van der Waals surface area contributed by atoms with Crippen LogP contribution in [0.4, 0.5) is 5.69 Å². The van der Waals surface area contributed by atoms with Crippen molar-refractivity contribution >= 4 is 21.4 Å². The van der Waals surface area contributed by atoms with Gasteiger partial charge in [-0.05, 0) is 6.07 Å². The number of nitrogen functional groups attached to an aromatic ring is 1. The summed E-state index contributed by atoms with van der Waals surface area (Å²) in [5, 5.41) is 0. The third-order valence-corrected chi connectivity index (χ3v) is 3.84. The summed E-state index contributed by atoms with van der Waals surface area (Å²) in [5.41, 5.74) is 6.35. The summed E-state index contributed by atoms with van der Waals surface area (Å²) in [7, 11) is -1.60. The summed E-state index contributed by atoms with van der Waals surface area (Å²) >= 11 is 0. The summed E-state index contributed by atoms with van der Waals surface area (Å²) in [5.74, 6) is 0.501. The summed E-state index contributed by atoms with van der Waals surface area (Å²) in [6.07, 6.45) is 1.13. The second kappa shape index (κ2) is 5.20. The molecule has 0 radical (unpaired) electrons. The number of sulfone groups is 1. The number of nitrogens with two attached hydrogens (primary N) is 1. The van der Waals surface area contributed by atoms with Crippen LogP contribution in [0.15, 0.2) is 12.1 Å². The van der Waals surface area contributed by atoms with Gasteiger partial charge in [0.25, 0.3) is 5.91 Å². The first-order chi connectivity index (χ1) is 9.28. The molecule has 0 aromatic heterocycles. The molecule has 1 aliphatic heterocycles. The molecule has 2 N–H and O–H groups in total. The molecule has 0 saturated heterocycles. The third kappa shape index (κ3) is 3.13. The minimum absolute atomic E-state index is 0.0936. The van der Waals surface area contributed by atoms with Crippen LogP contribution in [0.1, 0.15) is 10.4 Å². The fraction of sp³-hybridized carbons (Fsp3) is 0.417. The van der Waals surface area contributed by atoms with Gasteiger partial charge in [-0.1, -0.05) is 0 Å². The number of hydrogen-bond acceptors (Lipinski definition) is 6. The predicted molar refractivity (Wildman–Crippen MR) is 73.6 cm³/mol. The number of rotatable bonds is 4. The molecule has 1 aromatic carbocycles. The first-order valence-corrected chi connectivity index (χ1v) is 7.96. The molecular weight excluding hydrogens is 284 g/mol. The van der Waals surface area contributed by atoms with Crippen LogP contribution in [0, 0.1) is 0 Å². The Bertz CT molecular complexity index is 641. The van der Waals surface area contributed by atoms with E-state index in [0.717, 1.165) is 6.26 Å². The van der Waals surface area contributed by atoms with Gasteiger partial charge >= 0.3 is 0 Å². The van der Waals surface area contributed by atoms with Crippen molar-refractivity contribution in [2.75, 3.05) is 38.1 Å². The summed E-state index contributed by atoms with van der Waals surface area (Å²) in [6.45, 7) is 0.196. The van der Waals surface area contributed by atoms with E-state index in [1.165, 1.54) is 24.1 Å². The zero-order valence-corrected chi connectivity index (χ0v) is 12.1. The lowest BCUT2D eigenvalue weighted by molar-refractivity contribution is 0.0804. The second-order valence-electron chi connectivity index (χ2n) is 4.65. The Hall–Kier alpha value is -1.96. The van der Waals surface area contributed by atoms with E-state index in [2.05, 4.69) is 0 Å². The molecule has 0 unspecified atom stereocenters. The summed E-state index contributed by atoms with van der Waals surface area (Å²) in [6, 6.07) is 3.04. The van der Waals surface area contributed by atoms with Gasteiger partial charge in [0.2, 0.25) is 6.79 Å². The Morgan fingerprint density at radius 1 is 1.35 bits per heavy atom. The molecule has 7 nitrogen and oxygen atoms in total. The van der Waals surface area contributed by atoms with Crippen LogP contribution in [0.25, 0.3) is 0 Å². The standard InChI is InChI=1S/C12H16N2O5S/c1-14(3-4-20(2,16)17)12(15)8-5-10-11(6-9(8)13)19-7-18-10/h5-6H,3-4,7,13H2,1-2H3. The molecule has 20 heavy (non-hydrogen) atoms. The van der Waals surface area contributed by atoms with Crippen molar-refractivity contribution in [1.82, 2.24) is 4.90 Å². The van der Waals surface area contributed by atoms with Crippen molar-refractivity contribution in [2.24, 2.45) is 0 Å². The molecule has 0 spiro atoms. The van der Waals surface area contributed by atoms with E-state index in [9.17, 15) is 13.2 Å². The molecule has 1 aromatic rings. The third-order valence-electron chi connectivity index (χ3n) is 2.92. The smallest absolute Gasteiger partial charge is 0.255 e. The molecule has 8 heteroatoms. The summed E-state index contributed by atoms with van der Waals surface area (Å²) in [4.78, 5) is 13.6. The highest BCUT2D eigenvalue weighted by atomic mass is 32.2. The van der Waals surface area contributed by atoms with Gasteiger partial charge in [-0.2, -0.15) is 0 Å². The van der Waals surface area contributed by atoms with E-state index in [1.807, 2.05) is 0 Å².